The molecule has 1 saturated heterocycles. The summed E-state index contributed by atoms with van der Waals surface area (Å²) in [6.45, 7) is 5.37. The lowest BCUT2D eigenvalue weighted by Crippen LogP contribution is -2.39. The second-order valence-corrected chi connectivity index (χ2v) is 9.18. The van der Waals surface area contributed by atoms with E-state index in [1.54, 1.807) is 29.2 Å². The summed E-state index contributed by atoms with van der Waals surface area (Å²) in [6, 6.07) is 11.5. The van der Waals surface area contributed by atoms with Crippen LogP contribution in [0, 0.1) is 12.8 Å². The maximum Gasteiger partial charge on any atom is 0.263 e. The van der Waals surface area contributed by atoms with Crippen molar-refractivity contribution < 1.29 is 13.2 Å². The Morgan fingerprint density at radius 2 is 2.00 bits per heavy atom. The molecule has 1 heterocycles. The molecule has 0 spiro atoms. The number of piperidine rings is 1. The summed E-state index contributed by atoms with van der Waals surface area (Å²) in [6.07, 6.45) is 2.06. The molecule has 0 bridgehead atoms. The lowest BCUT2D eigenvalue weighted by molar-refractivity contribution is 0.0683. The van der Waals surface area contributed by atoms with Crippen LogP contribution in [0.4, 0.5) is 5.69 Å². The maximum absolute atomic E-state index is 12.8. The third kappa shape index (κ3) is 4.62. The normalized spacial score (nSPS) is 17.6. The molecule has 144 valence electrons. The fraction of sp³-hybridized carbons (Fsp3) is 0.350. The largest absolute Gasteiger partial charge is 0.338 e. The van der Waals surface area contributed by atoms with E-state index in [1.807, 2.05) is 13.0 Å². The molecular weight excluding hydrogens is 384 g/mol. The van der Waals surface area contributed by atoms with Crippen LogP contribution in [-0.2, 0) is 10.0 Å². The van der Waals surface area contributed by atoms with Gasteiger partial charge in [-0.1, -0.05) is 30.7 Å². The SMILES string of the molecule is Cc1cccc(NS(=O)(=O)c2cc(C(=O)N3CCCC(C)C3)ccc2Cl)c1. The van der Waals surface area contributed by atoms with Gasteiger partial charge in [0.05, 0.1) is 5.02 Å². The molecule has 1 aliphatic heterocycles. The summed E-state index contributed by atoms with van der Waals surface area (Å²) in [5, 5.41) is 0.0821. The number of rotatable bonds is 4. The number of anilines is 1. The first-order chi connectivity index (χ1) is 12.8. The van der Waals surface area contributed by atoms with Crippen molar-refractivity contribution in [2.45, 2.75) is 31.6 Å². The average molecular weight is 407 g/mol. The molecule has 0 saturated carbocycles. The summed E-state index contributed by atoms with van der Waals surface area (Å²) in [7, 11) is -3.91. The van der Waals surface area contributed by atoms with Gasteiger partial charge in [-0.05, 0) is 61.6 Å². The third-order valence-corrected chi connectivity index (χ3v) is 6.55. The lowest BCUT2D eigenvalue weighted by Gasteiger charge is -2.31. The first-order valence-electron chi connectivity index (χ1n) is 8.94. The van der Waals surface area contributed by atoms with Crippen molar-refractivity contribution in [1.29, 1.82) is 0 Å². The minimum absolute atomic E-state index is 0.0821. The van der Waals surface area contributed by atoms with Crippen molar-refractivity contribution in [3.8, 4) is 0 Å². The molecule has 1 fully saturated rings. The van der Waals surface area contributed by atoms with Crippen LogP contribution in [0.2, 0.25) is 5.02 Å². The van der Waals surface area contributed by atoms with Gasteiger partial charge >= 0.3 is 0 Å². The highest BCUT2D eigenvalue weighted by Gasteiger charge is 2.25. The summed E-state index contributed by atoms with van der Waals surface area (Å²) in [5.74, 6) is 0.284. The number of hydrogen-bond donors (Lipinski definition) is 1. The molecule has 1 unspecified atom stereocenters. The van der Waals surface area contributed by atoms with E-state index in [0.29, 0.717) is 30.3 Å². The summed E-state index contributed by atoms with van der Waals surface area (Å²) in [4.78, 5) is 14.5. The Morgan fingerprint density at radius 3 is 2.70 bits per heavy atom. The Kier molecular flexibility index (Phi) is 5.77. The zero-order chi connectivity index (χ0) is 19.6. The first kappa shape index (κ1) is 19.7. The monoisotopic (exact) mass is 406 g/mol. The molecule has 0 aromatic heterocycles. The average Bonchev–Trinajstić information content (AvgIpc) is 2.61. The van der Waals surface area contributed by atoms with Gasteiger partial charge in [0.1, 0.15) is 4.90 Å². The van der Waals surface area contributed by atoms with Crippen LogP contribution in [0.25, 0.3) is 0 Å². The van der Waals surface area contributed by atoms with Crippen molar-refractivity contribution in [3.63, 3.8) is 0 Å². The number of sulfonamides is 1. The Morgan fingerprint density at radius 1 is 1.22 bits per heavy atom. The molecule has 3 rings (SSSR count). The fourth-order valence-electron chi connectivity index (χ4n) is 3.32. The number of likely N-dealkylation sites (tertiary alicyclic amines) is 1. The minimum Gasteiger partial charge on any atom is -0.338 e. The van der Waals surface area contributed by atoms with Crippen LogP contribution < -0.4 is 4.72 Å². The second kappa shape index (κ2) is 7.90. The topological polar surface area (TPSA) is 66.5 Å². The maximum atomic E-state index is 12.8. The minimum atomic E-state index is -3.91. The molecular formula is C20H23ClN2O3S. The van der Waals surface area contributed by atoms with Crippen molar-refractivity contribution >= 4 is 33.2 Å². The number of nitrogens with zero attached hydrogens (tertiary/aromatic N) is 1. The Hall–Kier alpha value is -2.05. The molecule has 1 atom stereocenters. The highest BCUT2D eigenvalue weighted by atomic mass is 35.5. The molecule has 0 aliphatic carbocycles. The number of benzene rings is 2. The summed E-state index contributed by atoms with van der Waals surface area (Å²) in [5.41, 5.74) is 1.72. The molecule has 1 aliphatic rings. The van der Waals surface area contributed by atoms with Crippen LogP contribution in [-0.4, -0.2) is 32.3 Å². The van der Waals surface area contributed by atoms with Gasteiger partial charge in [-0.3, -0.25) is 9.52 Å². The molecule has 1 N–H and O–H groups in total. The van der Waals surface area contributed by atoms with Gasteiger partial charge in [0, 0.05) is 24.3 Å². The zero-order valence-electron chi connectivity index (χ0n) is 15.4. The van der Waals surface area contributed by atoms with Gasteiger partial charge in [0.15, 0.2) is 0 Å². The van der Waals surface area contributed by atoms with Gasteiger partial charge in [0.2, 0.25) is 0 Å². The van der Waals surface area contributed by atoms with Crippen LogP contribution in [0.15, 0.2) is 47.4 Å². The van der Waals surface area contributed by atoms with E-state index in [-0.39, 0.29) is 15.8 Å². The molecule has 27 heavy (non-hydrogen) atoms. The third-order valence-electron chi connectivity index (χ3n) is 4.68. The Bertz CT molecular complexity index is 959. The standard InChI is InChI=1S/C20H23ClN2O3S/c1-14-5-3-7-17(11-14)22-27(25,26)19-12-16(8-9-18(19)21)20(24)23-10-4-6-15(2)13-23/h3,5,7-9,11-12,15,22H,4,6,10,13H2,1-2H3. The molecule has 0 radical (unpaired) electrons. The van der Waals surface area contributed by atoms with Crippen molar-refractivity contribution in [3.05, 3.63) is 58.6 Å². The number of carbonyl (C=O) groups excluding carboxylic acids is 1. The van der Waals surface area contributed by atoms with E-state index >= 15 is 0 Å². The second-order valence-electron chi connectivity index (χ2n) is 7.12. The van der Waals surface area contributed by atoms with E-state index in [2.05, 4.69) is 11.6 Å². The molecule has 7 heteroatoms. The number of carbonyl (C=O) groups is 1. The number of halogens is 1. The van der Waals surface area contributed by atoms with Gasteiger partial charge in [-0.2, -0.15) is 0 Å². The predicted octanol–water partition coefficient (Wildman–Crippen LogP) is 4.32. The Labute approximate surface area is 165 Å². The molecule has 5 nitrogen and oxygen atoms in total. The zero-order valence-corrected chi connectivity index (χ0v) is 17.0. The van der Waals surface area contributed by atoms with Gasteiger partial charge < -0.3 is 4.90 Å². The number of nitrogens with one attached hydrogen (secondary N) is 1. The number of amides is 1. The van der Waals surface area contributed by atoms with Crippen molar-refractivity contribution in [1.82, 2.24) is 4.90 Å². The smallest absolute Gasteiger partial charge is 0.263 e. The van der Waals surface area contributed by atoms with E-state index in [1.165, 1.54) is 12.1 Å². The van der Waals surface area contributed by atoms with E-state index in [9.17, 15) is 13.2 Å². The molecule has 2 aromatic rings. The van der Waals surface area contributed by atoms with E-state index < -0.39 is 10.0 Å². The van der Waals surface area contributed by atoms with Crippen molar-refractivity contribution in [2.24, 2.45) is 5.92 Å². The lowest BCUT2D eigenvalue weighted by atomic mass is 9.99. The fourth-order valence-corrected chi connectivity index (χ4v) is 4.89. The van der Waals surface area contributed by atoms with Crippen LogP contribution in [0.5, 0.6) is 0 Å². The summed E-state index contributed by atoms with van der Waals surface area (Å²) >= 11 is 6.15. The molecule has 2 aromatic carbocycles. The van der Waals surface area contributed by atoms with Crippen LogP contribution in [0.1, 0.15) is 35.7 Å². The van der Waals surface area contributed by atoms with Gasteiger partial charge in [0.25, 0.3) is 15.9 Å². The van der Waals surface area contributed by atoms with Crippen LogP contribution in [0.3, 0.4) is 0 Å². The van der Waals surface area contributed by atoms with E-state index in [0.717, 1.165) is 18.4 Å². The van der Waals surface area contributed by atoms with Crippen LogP contribution >= 0.6 is 11.6 Å². The highest BCUT2D eigenvalue weighted by Crippen LogP contribution is 2.27. The van der Waals surface area contributed by atoms with E-state index in [4.69, 9.17) is 11.6 Å². The van der Waals surface area contributed by atoms with Gasteiger partial charge in [-0.25, -0.2) is 8.42 Å². The number of hydrogen-bond acceptors (Lipinski definition) is 3. The molecule has 1 amide bonds. The van der Waals surface area contributed by atoms with Gasteiger partial charge in [-0.15, -0.1) is 0 Å². The first-order valence-corrected chi connectivity index (χ1v) is 10.8. The summed E-state index contributed by atoms with van der Waals surface area (Å²) < 4.78 is 28.2. The highest BCUT2D eigenvalue weighted by molar-refractivity contribution is 7.92. The number of aryl methyl sites for hydroxylation is 1. The van der Waals surface area contributed by atoms with Crippen molar-refractivity contribution in [2.75, 3.05) is 17.8 Å². The quantitative estimate of drug-likeness (QED) is 0.822. The Balaban J connectivity index is 1.89. The predicted molar refractivity (Wildman–Crippen MR) is 108 cm³/mol.